The molecular weight excluding hydrogens is 552 g/mol. The van der Waals surface area contributed by atoms with Crippen molar-refractivity contribution in [2.45, 2.75) is 48.7 Å². The molecule has 5 rings (SSSR count). The van der Waals surface area contributed by atoms with Gasteiger partial charge in [-0.05, 0) is 18.2 Å². The molecule has 15 heteroatoms. The molecule has 2 aliphatic rings. The van der Waals surface area contributed by atoms with Crippen molar-refractivity contribution in [2.24, 2.45) is 0 Å². The normalized spacial score (nSPS) is 31.9. The van der Waals surface area contributed by atoms with Gasteiger partial charge in [0.1, 0.15) is 58.2 Å². The van der Waals surface area contributed by atoms with Gasteiger partial charge in [-0.1, -0.05) is 0 Å². The standard InChI is InChI=1S/C26H28O15/c27-7-18-20(33)21(34)22(41-25-23(35)26(36,8-28)9-37-25)24(40-18)38-11-4-14(31)19-15(32)6-16(39-17(19)5-11)10-1-2-12(29)13(30)3-10/h1-6,18,20-25,27-31,33-36H,7-9H2/t18-,20-,21+,22-,23-,24-,25-,26+/m0/s1. The Balaban J connectivity index is 1.48. The van der Waals surface area contributed by atoms with E-state index in [-0.39, 0.29) is 33.8 Å². The Bertz CT molecular complexity index is 1470. The number of hydrogen-bond donors (Lipinski definition) is 9. The van der Waals surface area contributed by atoms with Crippen molar-refractivity contribution >= 4 is 11.0 Å². The first-order chi connectivity index (χ1) is 19.4. The lowest BCUT2D eigenvalue weighted by Crippen LogP contribution is -2.62. The quantitative estimate of drug-likeness (QED) is 0.140. The van der Waals surface area contributed by atoms with Crippen LogP contribution in [0.5, 0.6) is 23.0 Å². The highest BCUT2D eigenvalue weighted by molar-refractivity contribution is 5.86. The number of hydrogen-bond acceptors (Lipinski definition) is 15. The molecule has 0 unspecified atom stereocenters. The van der Waals surface area contributed by atoms with Crippen LogP contribution in [0.25, 0.3) is 22.3 Å². The first-order valence-electron chi connectivity index (χ1n) is 12.4. The number of phenols is 3. The van der Waals surface area contributed by atoms with Gasteiger partial charge in [0.15, 0.2) is 29.3 Å². The van der Waals surface area contributed by atoms with E-state index in [1.54, 1.807) is 0 Å². The van der Waals surface area contributed by atoms with Gasteiger partial charge < -0.3 is 69.3 Å². The summed E-state index contributed by atoms with van der Waals surface area (Å²) in [4.78, 5) is 12.8. The minimum Gasteiger partial charge on any atom is -0.507 e. The molecule has 0 radical (unpaired) electrons. The first-order valence-corrected chi connectivity index (χ1v) is 12.4. The summed E-state index contributed by atoms with van der Waals surface area (Å²) in [6.07, 6.45) is -11.4. The number of aliphatic hydroxyl groups excluding tert-OH is 5. The summed E-state index contributed by atoms with van der Waals surface area (Å²) in [6, 6.07) is 7.06. The molecule has 2 aromatic carbocycles. The Hall–Kier alpha value is -3.51. The van der Waals surface area contributed by atoms with Crippen LogP contribution >= 0.6 is 0 Å². The fourth-order valence-electron chi connectivity index (χ4n) is 4.62. The molecule has 2 aliphatic heterocycles. The number of fused-ring (bicyclic) bond motifs is 1. The van der Waals surface area contributed by atoms with Gasteiger partial charge in [-0.25, -0.2) is 0 Å². The van der Waals surface area contributed by atoms with Crippen molar-refractivity contribution in [2.75, 3.05) is 19.8 Å². The van der Waals surface area contributed by atoms with Gasteiger partial charge in [0, 0.05) is 23.8 Å². The van der Waals surface area contributed by atoms with Crippen LogP contribution < -0.4 is 10.2 Å². The van der Waals surface area contributed by atoms with Gasteiger partial charge in [-0.3, -0.25) is 4.79 Å². The van der Waals surface area contributed by atoms with Crippen LogP contribution in [-0.2, 0) is 14.2 Å². The molecule has 1 aromatic heterocycles. The van der Waals surface area contributed by atoms with Gasteiger partial charge in [0.2, 0.25) is 6.29 Å². The molecule has 2 saturated heterocycles. The average molecular weight is 580 g/mol. The molecule has 41 heavy (non-hydrogen) atoms. The molecular formula is C26H28O15. The number of rotatable bonds is 7. The van der Waals surface area contributed by atoms with Crippen LogP contribution in [-0.4, -0.2) is 114 Å². The van der Waals surface area contributed by atoms with Crippen molar-refractivity contribution < 1.29 is 69.3 Å². The van der Waals surface area contributed by atoms with E-state index >= 15 is 0 Å². The van der Waals surface area contributed by atoms with Crippen LogP contribution in [0.15, 0.2) is 45.6 Å². The summed E-state index contributed by atoms with van der Waals surface area (Å²) in [6.45, 7) is -2.11. The molecule has 2 fully saturated rings. The molecule has 3 heterocycles. The number of ether oxygens (including phenoxy) is 4. The highest BCUT2D eigenvalue weighted by atomic mass is 16.8. The zero-order chi connectivity index (χ0) is 29.6. The zero-order valence-electron chi connectivity index (χ0n) is 21.1. The van der Waals surface area contributed by atoms with Gasteiger partial charge >= 0.3 is 0 Å². The molecule has 0 saturated carbocycles. The molecule has 0 spiro atoms. The maximum atomic E-state index is 12.8. The number of phenolic OH excluding ortho intramolecular Hbond substituents is 3. The van der Waals surface area contributed by atoms with Crippen molar-refractivity contribution in [3.8, 4) is 34.3 Å². The first kappa shape index (κ1) is 29.0. The number of aliphatic hydroxyl groups is 6. The topological polar surface area (TPSA) is 249 Å². The predicted molar refractivity (Wildman–Crippen MR) is 134 cm³/mol. The highest BCUT2D eigenvalue weighted by Crippen LogP contribution is 2.36. The van der Waals surface area contributed by atoms with E-state index in [4.69, 9.17) is 23.4 Å². The third-order valence-corrected chi connectivity index (χ3v) is 6.99. The fraction of sp³-hybridized carbons (Fsp3) is 0.423. The molecule has 3 aromatic rings. The second-order valence-electron chi connectivity index (χ2n) is 9.81. The highest BCUT2D eigenvalue weighted by Gasteiger charge is 2.53. The fourth-order valence-corrected chi connectivity index (χ4v) is 4.62. The van der Waals surface area contributed by atoms with Gasteiger partial charge in [0.25, 0.3) is 0 Å². The van der Waals surface area contributed by atoms with Crippen molar-refractivity contribution in [3.05, 3.63) is 46.6 Å². The largest absolute Gasteiger partial charge is 0.507 e. The summed E-state index contributed by atoms with van der Waals surface area (Å²) in [5, 5.41) is 90.5. The third kappa shape index (κ3) is 5.30. The summed E-state index contributed by atoms with van der Waals surface area (Å²) in [5.41, 5.74) is -2.63. The Morgan fingerprint density at radius 2 is 1.68 bits per heavy atom. The van der Waals surface area contributed by atoms with E-state index in [1.165, 1.54) is 18.2 Å². The predicted octanol–water partition coefficient (Wildman–Crippen LogP) is -1.78. The molecule has 0 bridgehead atoms. The number of benzene rings is 2. The molecule has 9 N–H and O–H groups in total. The zero-order valence-corrected chi connectivity index (χ0v) is 21.1. The summed E-state index contributed by atoms with van der Waals surface area (Å²) in [5.74, 6) is -1.60. The van der Waals surface area contributed by atoms with E-state index in [2.05, 4.69) is 0 Å². The van der Waals surface area contributed by atoms with Gasteiger partial charge in [-0.15, -0.1) is 0 Å². The lowest BCUT2D eigenvalue weighted by molar-refractivity contribution is -0.318. The van der Waals surface area contributed by atoms with E-state index in [1.807, 2.05) is 0 Å². The monoisotopic (exact) mass is 580 g/mol. The smallest absolute Gasteiger partial charge is 0.229 e. The van der Waals surface area contributed by atoms with Crippen LogP contribution in [0, 0.1) is 0 Å². The number of aromatic hydroxyl groups is 3. The SMILES string of the molecule is O=c1cc(-c2ccc(O)c(O)c2)oc2cc(O[C@H]3O[C@@H](CO)[C@H](O)[C@@H](O)[C@@H]3O[C@@H]3OC[C@](O)(CO)[C@H]3O)cc(O)c12. The average Bonchev–Trinajstić information content (AvgIpc) is 3.22. The van der Waals surface area contributed by atoms with E-state index in [0.29, 0.717) is 0 Å². The molecule has 15 nitrogen and oxygen atoms in total. The van der Waals surface area contributed by atoms with Crippen molar-refractivity contribution in [3.63, 3.8) is 0 Å². The molecule has 0 amide bonds. The lowest BCUT2D eigenvalue weighted by Gasteiger charge is -2.42. The van der Waals surface area contributed by atoms with E-state index < -0.39 is 85.4 Å². The van der Waals surface area contributed by atoms with E-state index in [9.17, 15) is 50.8 Å². The molecule has 0 aliphatic carbocycles. The molecule has 8 atom stereocenters. The Kier molecular flexibility index (Phi) is 7.82. The lowest BCUT2D eigenvalue weighted by atomic mass is 9.98. The van der Waals surface area contributed by atoms with Crippen molar-refractivity contribution in [1.82, 2.24) is 0 Å². The summed E-state index contributed by atoms with van der Waals surface area (Å²) >= 11 is 0. The Labute approximate surface area is 230 Å². The minimum atomic E-state index is -2.05. The minimum absolute atomic E-state index is 0.0212. The Morgan fingerprint density at radius 3 is 2.34 bits per heavy atom. The van der Waals surface area contributed by atoms with E-state index in [0.717, 1.165) is 18.2 Å². The maximum Gasteiger partial charge on any atom is 0.229 e. The maximum absolute atomic E-state index is 12.8. The third-order valence-electron chi connectivity index (χ3n) is 6.99. The Morgan fingerprint density at radius 1 is 0.927 bits per heavy atom. The van der Waals surface area contributed by atoms with Gasteiger partial charge in [-0.2, -0.15) is 0 Å². The molecule has 222 valence electrons. The second kappa shape index (κ2) is 11.1. The van der Waals surface area contributed by atoms with Crippen LogP contribution in [0.3, 0.4) is 0 Å². The summed E-state index contributed by atoms with van der Waals surface area (Å²) < 4.78 is 27.9. The van der Waals surface area contributed by atoms with Crippen LogP contribution in [0.4, 0.5) is 0 Å². The van der Waals surface area contributed by atoms with Crippen molar-refractivity contribution in [1.29, 1.82) is 0 Å². The van der Waals surface area contributed by atoms with Crippen LogP contribution in [0.1, 0.15) is 0 Å². The second-order valence-corrected chi connectivity index (χ2v) is 9.81. The van der Waals surface area contributed by atoms with Gasteiger partial charge in [0.05, 0.1) is 19.8 Å². The van der Waals surface area contributed by atoms with Crippen LogP contribution in [0.2, 0.25) is 0 Å². The summed E-state index contributed by atoms with van der Waals surface area (Å²) in [7, 11) is 0.